The Bertz CT molecular complexity index is 829. The highest BCUT2D eigenvalue weighted by atomic mass is 16.5. The fourth-order valence-electron chi connectivity index (χ4n) is 3.18. The van der Waals surface area contributed by atoms with Crippen LogP contribution in [0.4, 0.5) is 0 Å². The molecule has 0 saturated carbocycles. The molecule has 2 aromatic rings. The molecule has 3 rings (SSSR count). The van der Waals surface area contributed by atoms with Gasteiger partial charge in [0.25, 0.3) is 5.56 Å². The quantitative estimate of drug-likeness (QED) is 0.867. The zero-order valence-electron chi connectivity index (χ0n) is 14.6. The average Bonchev–Trinajstić information content (AvgIpc) is 3.07. The van der Waals surface area contributed by atoms with E-state index in [1.807, 2.05) is 24.3 Å². The number of fused-ring (bicyclic) bond motifs is 1. The van der Waals surface area contributed by atoms with Gasteiger partial charge in [0.1, 0.15) is 11.8 Å². The maximum Gasteiger partial charge on any atom is 0.267 e. The molecule has 1 amide bonds. The Morgan fingerprint density at radius 3 is 2.96 bits per heavy atom. The molecule has 1 heterocycles. The van der Waals surface area contributed by atoms with Crippen molar-refractivity contribution in [1.82, 2.24) is 15.1 Å². The van der Waals surface area contributed by atoms with E-state index in [0.717, 1.165) is 41.8 Å². The molecule has 0 bridgehead atoms. The molecule has 0 radical (unpaired) electrons. The summed E-state index contributed by atoms with van der Waals surface area (Å²) < 4.78 is 6.60. The van der Waals surface area contributed by atoms with E-state index in [1.165, 1.54) is 4.68 Å². The fourth-order valence-corrected chi connectivity index (χ4v) is 3.18. The molecule has 0 spiro atoms. The predicted molar refractivity (Wildman–Crippen MR) is 94.9 cm³/mol. The van der Waals surface area contributed by atoms with Crippen LogP contribution in [0, 0.1) is 0 Å². The van der Waals surface area contributed by atoms with Crippen molar-refractivity contribution in [3.8, 4) is 5.75 Å². The zero-order chi connectivity index (χ0) is 17.8. The molecule has 1 aliphatic carbocycles. The van der Waals surface area contributed by atoms with E-state index in [-0.39, 0.29) is 11.5 Å². The summed E-state index contributed by atoms with van der Waals surface area (Å²) in [5, 5.41) is 7.27. The maximum absolute atomic E-state index is 12.4. The van der Waals surface area contributed by atoms with Crippen molar-refractivity contribution in [2.24, 2.45) is 0 Å². The lowest BCUT2D eigenvalue weighted by molar-refractivity contribution is -0.124. The van der Waals surface area contributed by atoms with Crippen LogP contribution in [-0.4, -0.2) is 29.3 Å². The third kappa shape index (κ3) is 3.73. The molecule has 0 aliphatic heterocycles. The highest BCUT2D eigenvalue weighted by molar-refractivity contribution is 5.79. The minimum Gasteiger partial charge on any atom is -0.496 e. The molecular formula is C19H23N3O3. The van der Waals surface area contributed by atoms with E-state index in [2.05, 4.69) is 10.4 Å². The Hall–Kier alpha value is -2.63. The molecule has 1 aromatic carbocycles. The molecule has 1 aromatic heterocycles. The maximum atomic E-state index is 12.4. The Kier molecular flexibility index (Phi) is 5.16. The number of carbonyl (C=O) groups excluding carboxylic acids is 1. The minimum atomic E-state index is -0.629. The number of hydrogen-bond acceptors (Lipinski definition) is 4. The van der Waals surface area contributed by atoms with Gasteiger partial charge in [0.15, 0.2) is 0 Å². The Morgan fingerprint density at radius 1 is 1.36 bits per heavy atom. The molecule has 1 atom stereocenters. The molecule has 1 N–H and O–H groups in total. The topological polar surface area (TPSA) is 73.2 Å². The highest BCUT2D eigenvalue weighted by Crippen LogP contribution is 2.18. The van der Waals surface area contributed by atoms with Gasteiger partial charge < -0.3 is 10.1 Å². The van der Waals surface area contributed by atoms with Crippen molar-refractivity contribution in [2.75, 3.05) is 13.7 Å². The van der Waals surface area contributed by atoms with Crippen LogP contribution in [-0.2, 0) is 24.1 Å². The van der Waals surface area contributed by atoms with E-state index in [4.69, 9.17) is 4.74 Å². The van der Waals surface area contributed by atoms with E-state index in [9.17, 15) is 9.59 Å². The second kappa shape index (κ2) is 7.51. The van der Waals surface area contributed by atoms with Crippen molar-refractivity contribution >= 4 is 5.91 Å². The molecule has 25 heavy (non-hydrogen) atoms. The molecule has 6 nitrogen and oxygen atoms in total. The minimum absolute atomic E-state index is 0.206. The third-order valence-corrected chi connectivity index (χ3v) is 4.61. The van der Waals surface area contributed by atoms with E-state index in [0.29, 0.717) is 13.0 Å². The standard InChI is InChI=1S/C19H23N3O3/c1-13(22-18(23)12-15-7-5-8-16(15)21-22)19(24)20-11-10-14-6-3-4-9-17(14)25-2/h3-4,6,9,12-13H,5,7-8,10-11H2,1-2H3,(H,20,24). The molecular weight excluding hydrogens is 318 g/mol. The van der Waals surface area contributed by atoms with Crippen molar-refractivity contribution < 1.29 is 9.53 Å². The van der Waals surface area contributed by atoms with Gasteiger partial charge >= 0.3 is 0 Å². The van der Waals surface area contributed by atoms with Crippen LogP contribution < -0.4 is 15.6 Å². The first kappa shape index (κ1) is 17.2. The smallest absolute Gasteiger partial charge is 0.267 e. The Morgan fingerprint density at radius 2 is 2.16 bits per heavy atom. The Labute approximate surface area is 146 Å². The lowest BCUT2D eigenvalue weighted by Gasteiger charge is -2.15. The van der Waals surface area contributed by atoms with Gasteiger partial charge in [0, 0.05) is 12.6 Å². The first-order valence-corrected chi connectivity index (χ1v) is 8.61. The van der Waals surface area contributed by atoms with Crippen LogP contribution >= 0.6 is 0 Å². The number of methoxy groups -OCH3 is 1. The van der Waals surface area contributed by atoms with Crippen molar-refractivity contribution in [3.05, 3.63) is 57.5 Å². The number of para-hydroxylation sites is 1. The Balaban J connectivity index is 1.63. The summed E-state index contributed by atoms with van der Waals surface area (Å²) in [5.41, 5.74) is 2.78. The normalized spacial score (nSPS) is 14.0. The number of nitrogens with one attached hydrogen (secondary N) is 1. The van der Waals surface area contributed by atoms with Gasteiger partial charge in [0.2, 0.25) is 5.91 Å². The average molecular weight is 341 g/mol. The molecule has 6 heteroatoms. The van der Waals surface area contributed by atoms with E-state index >= 15 is 0 Å². The first-order chi connectivity index (χ1) is 12.1. The molecule has 132 valence electrons. The van der Waals surface area contributed by atoms with Crippen LogP contribution in [0.5, 0.6) is 5.75 Å². The highest BCUT2D eigenvalue weighted by Gasteiger charge is 2.21. The van der Waals surface area contributed by atoms with E-state index < -0.39 is 6.04 Å². The van der Waals surface area contributed by atoms with Crippen LogP contribution in [0.25, 0.3) is 0 Å². The first-order valence-electron chi connectivity index (χ1n) is 8.61. The fraction of sp³-hybridized carbons (Fsp3) is 0.421. The monoisotopic (exact) mass is 341 g/mol. The number of hydrogen-bond donors (Lipinski definition) is 1. The molecule has 1 unspecified atom stereocenters. The van der Waals surface area contributed by atoms with Gasteiger partial charge in [-0.05, 0) is 49.8 Å². The molecule has 0 fully saturated rings. The summed E-state index contributed by atoms with van der Waals surface area (Å²) in [7, 11) is 1.63. The van der Waals surface area contributed by atoms with Crippen molar-refractivity contribution in [3.63, 3.8) is 0 Å². The van der Waals surface area contributed by atoms with Crippen LogP contribution in [0.2, 0.25) is 0 Å². The van der Waals surface area contributed by atoms with Crippen LogP contribution in [0.3, 0.4) is 0 Å². The number of benzene rings is 1. The number of carbonyl (C=O) groups is 1. The van der Waals surface area contributed by atoms with Gasteiger partial charge in [-0.15, -0.1) is 0 Å². The lowest BCUT2D eigenvalue weighted by atomic mass is 10.1. The zero-order valence-corrected chi connectivity index (χ0v) is 14.6. The number of aromatic nitrogens is 2. The number of rotatable bonds is 6. The SMILES string of the molecule is COc1ccccc1CCNC(=O)C(C)n1nc2c(cc1=O)CCC2. The second-order valence-electron chi connectivity index (χ2n) is 6.28. The number of aryl methyl sites for hydroxylation is 2. The summed E-state index contributed by atoms with van der Waals surface area (Å²) in [6.45, 7) is 2.18. The third-order valence-electron chi connectivity index (χ3n) is 4.61. The summed E-state index contributed by atoms with van der Waals surface area (Å²) in [6.07, 6.45) is 3.45. The summed E-state index contributed by atoms with van der Waals surface area (Å²) >= 11 is 0. The van der Waals surface area contributed by atoms with Gasteiger partial charge in [-0.3, -0.25) is 9.59 Å². The summed E-state index contributed by atoms with van der Waals surface area (Å²) in [5.74, 6) is 0.601. The molecule has 0 saturated heterocycles. The summed E-state index contributed by atoms with van der Waals surface area (Å²) in [6, 6.07) is 8.71. The largest absolute Gasteiger partial charge is 0.496 e. The van der Waals surface area contributed by atoms with Crippen LogP contribution in [0.15, 0.2) is 35.1 Å². The summed E-state index contributed by atoms with van der Waals surface area (Å²) in [4.78, 5) is 24.6. The molecule has 1 aliphatic rings. The van der Waals surface area contributed by atoms with Crippen molar-refractivity contribution in [2.45, 2.75) is 38.6 Å². The lowest BCUT2D eigenvalue weighted by Crippen LogP contribution is -2.38. The second-order valence-corrected chi connectivity index (χ2v) is 6.28. The van der Waals surface area contributed by atoms with E-state index in [1.54, 1.807) is 20.1 Å². The van der Waals surface area contributed by atoms with Crippen molar-refractivity contribution in [1.29, 1.82) is 0 Å². The van der Waals surface area contributed by atoms with Gasteiger partial charge in [-0.1, -0.05) is 18.2 Å². The van der Waals surface area contributed by atoms with Gasteiger partial charge in [0.05, 0.1) is 12.8 Å². The van der Waals surface area contributed by atoms with Crippen LogP contribution in [0.1, 0.15) is 36.2 Å². The van der Waals surface area contributed by atoms with Gasteiger partial charge in [-0.25, -0.2) is 4.68 Å². The predicted octanol–water partition coefficient (Wildman–Crippen LogP) is 1.66. The number of ether oxygens (including phenoxy) is 1. The number of nitrogens with zero attached hydrogens (tertiary/aromatic N) is 2. The van der Waals surface area contributed by atoms with Gasteiger partial charge in [-0.2, -0.15) is 5.10 Å². The number of amides is 1.